The molecule has 0 aromatic rings. The molecule has 1 saturated carbocycles. The van der Waals surface area contributed by atoms with Crippen LogP contribution in [0.4, 0.5) is 4.79 Å². The summed E-state index contributed by atoms with van der Waals surface area (Å²) in [6, 6.07) is 0. The molecule has 0 unspecified atom stereocenters. The summed E-state index contributed by atoms with van der Waals surface area (Å²) in [5.41, 5.74) is 0. The maximum Gasteiger partial charge on any atom is 0.407 e. The predicted molar refractivity (Wildman–Crippen MR) is 39.4 cm³/mol. The van der Waals surface area contributed by atoms with Crippen LogP contribution < -0.4 is 0 Å². The van der Waals surface area contributed by atoms with E-state index in [-0.39, 0.29) is 6.10 Å². The summed E-state index contributed by atoms with van der Waals surface area (Å²) in [6.07, 6.45) is 0.406. The number of nitrogens with zero attached hydrogens (tertiary/aromatic N) is 1. The van der Waals surface area contributed by atoms with Crippen LogP contribution in [-0.4, -0.2) is 40.9 Å². The van der Waals surface area contributed by atoms with Gasteiger partial charge in [-0.1, -0.05) is 0 Å². The van der Waals surface area contributed by atoms with Gasteiger partial charge in [-0.15, -0.1) is 0 Å². The molecular weight excluding hydrogens is 146 g/mol. The molecule has 2 N–H and O–H groups in total. The first kappa shape index (κ1) is 8.33. The molecule has 1 amide bonds. The molecule has 4 heteroatoms. The third-order valence-corrected chi connectivity index (χ3v) is 2.07. The van der Waals surface area contributed by atoms with Crippen LogP contribution in [0.15, 0.2) is 0 Å². The van der Waals surface area contributed by atoms with Gasteiger partial charge in [-0.3, -0.25) is 0 Å². The summed E-state index contributed by atoms with van der Waals surface area (Å²) >= 11 is 0. The number of amides is 1. The first-order valence-corrected chi connectivity index (χ1v) is 3.71. The Hall–Kier alpha value is -0.770. The normalized spacial score (nSPS) is 29.3. The molecule has 4 nitrogen and oxygen atoms in total. The molecule has 1 aliphatic carbocycles. The average molecular weight is 159 g/mol. The van der Waals surface area contributed by atoms with E-state index in [1.807, 2.05) is 0 Å². The Morgan fingerprint density at radius 3 is 2.55 bits per heavy atom. The summed E-state index contributed by atoms with van der Waals surface area (Å²) in [6.45, 7) is 0.548. The van der Waals surface area contributed by atoms with E-state index >= 15 is 0 Å². The van der Waals surface area contributed by atoms with Gasteiger partial charge in [0.15, 0.2) is 0 Å². The lowest BCUT2D eigenvalue weighted by Crippen LogP contribution is -2.38. The molecule has 0 aliphatic heterocycles. The van der Waals surface area contributed by atoms with Gasteiger partial charge < -0.3 is 15.1 Å². The molecule has 0 aromatic heterocycles. The van der Waals surface area contributed by atoms with E-state index in [1.165, 1.54) is 4.90 Å². The third-order valence-electron chi connectivity index (χ3n) is 2.07. The molecule has 0 spiro atoms. The summed E-state index contributed by atoms with van der Waals surface area (Å²) in [4.78, 5) is 11.6. The van der Waals surface area contributed by atoms with Gasteiger partial charge in [-0.2, -0.15) is 0 Å². The predicted octanol–water partition coefficient (Wildman–Crippen LogP) is 0.367. The lowest BCUT2D eigenvalue weighted by atomic mass is 9.82. The second-order valence-electron chi connectivity index (χ2n) is 3.15. The van der Waals surface area contributed by atoms with Gasteiger partial charge in [0.2, 0.25) is 0 Å². The van der Waals surface area contributed by atoms with E-state index in [1.54, 1.807) is 7.05 Å². The molecule has 1 fully saturated rings. The first-order chi connectivity index (χ1) is 5.09. The molecule has 64 valence electrons. The van der Waals surface area contributed by atoms with Crippen molar-refractivity contribution in [1.82, 2.24) is 4.90 Å². The fourth-order valence-corrected chi connectivity index (χ4v) is 1.31. The number of rotatable bonds is 2. The Morgan fingerprint density at radius 2 is 2.18 bits per heavy atom. The number of carbonyl (C=O) groups is 1. The van der Waals surface area contributed by atoms with Crippen LogP contribution in [0.2, 0.25) is 0 Å². The van der Waals surface area contributed by atoms with Crippen molar-refractivity contribution in [3.8, 4) is 0 Å². The number of aliphatic hydroxyl groups excluding tert-OH is 1. The van der Waals surface area contributed by atoms with E-state index in [9.17, 15) is 4.79 Å². The minimum Gasteiger partial charge on any atom is -0.465 e. The molecule has 0 bridgehead atoms. The highest BCUT2D eigenvalue weighted by Gasteiger charge is 2.28. The van der Waals surface area contributed by atoms with Crippen LogP contribution in [0.3, 0.4) is 0 Å². The lowest BCUT2D eigenvalue weighted by Gasteiger charge is -2.33. The quantitative estimate of drug-likeness (QED) is 0.611. The van der Waals surface area contributed by atoms with Crippen molar-refractivity contribution >= 4 is 6.09 Å². The molecule has 0 radical (unpaired) electrons. The van der Waals surface area contributed by atoms with Crippen LogP contribution in [0.5, 0.6) is 0 Å². The molecule has 0 heterocycles. The number of carboxylic acid groups (broad SMARTS) is 1. The molecule has 0 saturated heterocycles. The van der Waals surface area contributed by atoms with Crippen molar-refractivity contribution in [1.29, 1.82) is 0 Å². The first-order valence-electron chi connectivity index (χ1n) is 3.71. The van der Waals surface area contributed by atoms with Gasteiger partial charge in [0.1, 0.15) is 0 Å². The Labute approximate surface area is 65.4 Å². The second kappa shape index (κ2) is 3.09. The van der Waals surface area contributed by atoms with Crippen LogP contribution in [0.25, 0.3) is 0 Å². The number of aliphatic hydroxyl groups is 1. The van der Waals surface area contributed by atoms with Crippen molar-refractivity contribution in [2.24, 2.45) is 5.92 Å². The minimum atomic E-state index is -0.897. The van der Waals surface area contributed by atoms with Gasteiger partial charge in [0.25, 0.3) is 0 Å². The van der Waals surface area contributed by atoms with Gasteiger partial charge in [-0.05, 0) is 18.8 Å². The van der Waals surface area contributed by atoms with Crippen molar-refractivity contribution < 1.29 is 15.0 Å². The SMILES string of the molecule is CN(C[C@H]1C[C@@H](O)C1)C(=O)O. The maximum atomic E-state index is 10.3. The summed E-state index contributed by atoms with van der Waals surface area (Å²) in [5.74, 6) is 0.367. The summed E-state index contributed by atoms with van der Waals surface area (Å²) < 4.78 is 0. The topological polar surface area (TPSA) is 60.8 Å². The maximum absolute atomic E-state index is 10.3. The Balaban J connectivity index is 2.16. The van der Waals surface area contributed by atoms with Crippen molar-refractivity contribution in [3.63, 3.8) is 0 Å². The van der Waals surface area contributed by atoms with E-state index < -0.39 is 6.09 Å². The Bertz CT molecular complexity index is 154. The van der Waals surface area contributed by atoms with E-state index in [2.05, 4.69) is 0 Å². The molecule has 0 atom stereocenters. The molecular formula is C7H13NO3. The molecule has 1 rings (SSSR count). The van der Waals surface area contributed by atoms with Crippen LogP contribution in [0, 0.1) is 5.92 Å². The van der Waals surface area contributed by atoms with Gasteiger partial charge in [0, 0.05) is 13.6 Å². The fraction of sp³-hybridized carbons (Fsp3) is 0.857. The van der Waals surface area contributed by atoms with E-state index in [4.69, 9.17) is 10.2 Å². The molecule has 11 heavy (non-hydrogen) atoms. The zero-order valence-corrected chi connectivity index (χ0v) is 6.53. The highest BCUT2D eigenvalue weighted by atomic mass is 16.4. The fourth-order valence-electron chi connectivity index (χ4n) is 1.31. The van der Waals surface area contributed by atoms with Gasteiger partial charge in [0.05, 0.1) is 6.10 Å². The monoisotopic (exact) mass is 159 g/mol. The average Bonchev–Trinajstić information content (AvgIpc) is 1.84. The second-order valence-corrected chi connectivity index (χ2v) is 3.15. The Kier molecular flexibility index (Phi) is 2.34. The third kappa shape index (κ3) is 2.08. The zero-order valence-electron chi connectivity index (χ0n) is 6.53. The van der Waals surface area contributed by atoms with Crippen molar-refractivity contribution in [2.75, 3.05) is 13.6 Å². The summed E-state index contributed by atoms with van der Waals surface area (Å²) in [5, 5.41) is 17.4. The standard InChI is InChI=1S/C7H13NO3/c1-8(7(10)11)4-5-2-6(9)3-5/h5-6,9H,2-4H2,1H3,(H,10,11)/t5-,6+. The Morgan fingerprint density at radius 1 is 1.64 bits per heavy atom. The highest BCUT2D eigenvalue weighted by Crippen LogP contribution is 2.27. The van der Waals surface area contributed by atoms with Crippen LogP contribution >= 0.6 is 0 Å². The van der Waals surface area contributed by atoms with E-state index in [0.29, 0.717) is 12.5 Å². The largest absolute Gasteiger partial charge is 0.465 e. The van der Waals surface area contributed by atoms with Crippen molar-refractivity contribution in [2.45, 2.75) is 18.9 Å². The van der Waals surface area contributed by atoms with Gasteiger partial charge in [-0.25, -0.2) is 4.79 Å². The number of hydrogen-bond donors (Lipinski definition) is 2. The minimum absolute atomic E-state index is 0.192. The lowest BCUT2D eigenvalue weighted by molar-refractivity contribution is 0.0289. The highest BCUT2D eigenvalue weighted by molar-refractivity contribution is 5.64. The zero-order chi connectivity index (χ0) is 8.43. The van der Waals surface area contributed by atoms with Crippen molar-refractivity contribution in [3.05, 3.63) is 0 Å². The van der Waals surface area contributed by atoms with E-state index in [0.717, 1.165) is 12.8 Å². The number of hydrogen-bond acceptors (Lipinski definition) is 2. The smallest absolute Gasteiger partial charge is 0.407 e. The molecule has 0 aromatic carbocycles. The van der Waals surface area contributed by atoms with Crippen LogP contribution in [0.1, 0.15) is 12.8 Å². The van der Waals surface area contributed by atoms with Crippen LogP contribution in [-0.2, 0) is 0 Å². The molecule has 1 aliphatic rings. The van der Waals surface area contributed by atoms with Gasteiger partial charge >= 0.3 is 6.09 Å². The summed E-state index contributed by atoms with van der Waals surface area (Å²) in [7, 11) is 1.55.